The largest absolute Gasteiger partial charge is 0.354 e. The van der Waals surface area contributed by atoms with Gasteiger partial charge in [0.25, 0.3) is 5.91 Å². The Labute approximate surface area is 138 Å². The standard InChI is InChI=1S/C15H18N8O/c1-16-15(24)12-4-6-23(21-12)10-3-2-5-22(8-10)14-11-7-19-20-13(11)17-9-18-14/h4,6-7,9-10H,2-3,5,8H2,1H3,(H,16,24)(H,17,18,19,20). The number of fused-ring (bicyclic) bond motifs is 1. The van der Waals surface area contributed by atoms with Gasteiger partial charge in [-0.15, -0.1) is 0 Å². The summed E-state index contributed by atoms with van der Waals surface area (Å²) in [6.45, 7) is 1.71. The van der Waals surface area contributed by atoms with Crippen LogP contribution in [0, 0.1) is 0 Å². The van der Waals surface area contributed by atoms with E-state index in [-0.39, 0.29) is 11.9 Å². The molecule has 4 rings (SSSR count). The van der Waals surface area contributed by atoms with E-state index in [4.69, 9.17) is 0 Å². The summed E-state index contributed by atoms with van der Waals surface area (Å²) >= 11 is 0. The fourth-order valence-corrected chi connectivity index (χ4v) is 3.16. The van der Waals surface area contributed by atoms with Gasteiger partial charge in [0.15, 0.2) is 5.65 Å². The Balaban J connectivity index is 1.59. The minimum absolute atomic E-state index is 0.169. The summed E-state index contributed by atoms with van der Waals surface area (Å²) in [6, 6.07) is 1.95. The fraction of sp³-hybridized carbons (Fsp3) is 0.400. The summed E-state index contributed by atoms with van der Waals surface area (Å²) in [5.74, 6) is 0.717. The van der Waals surface area contributed by atoms with Crippen LogP contribution in [0.3, 0.4) is 0 Å². The van der Waals surface area contributed by atoms with E-state index in [9.17, 15) is 4.79 Å². The van der Waals surface area contributed by atoms with E-state index < -0.39 is 0 Å². The molecule has 1 amide bonds. The molecule has 9 nitrogen and oxygen atoms in total. The van der Waals surface area contributed by atoms with Crippen molar-refractivity contribution >= 4 is 22.8 Å². The van der Waals surface area contributed by atoms with Gasteiger partial charge in [-0.25, -0.2) is 9.97 Å². The molecule has 1 saturated heterocycles. The van der Waals surface area contributed by atoms with Crippen molar-refractivity contribution in [3.8, 4) is 0 Å². The molecule has 1 aliphatic heterocycles. The highest BCUT2D eigenvalue weighted by molar-refractivity contribution is 5.91. The van der Waals surface area contributed by atoms with Gasteiger partial charge >= 0.3 is 0 Å². The quantitative estimate of drug-likeness (QED) is 0.736. The first-order chi connectivity index (χ1) is 11.8. The highest BCUT2D eigenvalue weighted by atomic mass is 16.1. The molecule has 0 saturated carbocycles. The van der Waals surface area contributed by atoms with Crippen molar-refractivity contribution in [2.24, 2.45) is 0 Å². The molecule has 4 heterocycles. The second-order valence-corrected chi connectivity index (χ2v) is 5.83. The number of nitrogens with zero attached hydrogens (tertiary/aromatic N) is 6. The van der Waals surface area contributed by atoms with Gasteiger partial charge in [0.05, 0.1) is 17.6 Å². The number of piperidine rings is 1. The van der Waals surface area contributed by atoms with E-state index in [2.05, 4.69) is 35.5 Å². The van der Waals surface area contributed by atoms with Crippen molar-refractivity contribution in [3.63, 3.8) is 0 Å². The summed E-state index contributed by atoms with van der Waals surface area (Å²) < 4.78 is 1.88. The Morgan fingerprint density at radius 1 is 1.42 bits per heavy atom. The van der Waals surface area contributed by atoms with Crippen LogP contribution in [0.1, 0.15) is 29.4 Å². The molecule has 0 spiro atoms. The summed E-state index contributed by atoms with van der Waals surface area (Å²) in [5, 5.41) is 14.9. The van der Waals surface area contributed by atoms with Crippen molar-refractivity contribution in [1.82, 2.24) is 35.3 Å². The van der Waals surface area contributed by atoms with Crippen molar-refractivity contribution < 1.29 is 4.79 Å². The third kappa shape index (κ3) is 2.47. The molecule has 9 heteroatoms. The zero-order valence-corrected chi connectivity index (χ0v) is 13.3. The number of hydrogen-bond donors (Lipinski definition) is 2. The third-order valence-electron chi connectivity index (χ3n) is 4.37. The van der Waals surface area contributed by atoms with Crippen LogP contribution in [-0.4, -0.2) is 56.0 Å². The first kappa shape index (κ1) is 14.6. The van der Waals surface area contributed by atoms with Crippen LogP contribution >= 0.6 is 0 Å². The number of amides is 1. The lowest BCUT2D eigenvalue weighted by Crippen LogP contribution is -2.37. The molecule has 2 N–H and O–H groups in total. The number of rotatable bonds is 3. The first-order valence-electron chi connectivity index (χ1n) is 7.92. The van der Waals surface area contributed by atoms with E-state index in [1.54, 1.807) is 25.6 Å². The highest BCUT2D eigenvalue weighted by Crippen LogP contribution is 2.28. The van der Waals surface area contributed by atoms with Crippen LogP contribution in [0.15, 0.2) is 24.8 Å². The normalized spacial score (nSPS) is 18.0. The maximum atomic E-state index is 11.7. The lowest BCUT2D eigenvalue weighted by molar-refractivity contribution is 0.0957. The van der Waals surface area contributed by atoms with Gasteiger partial charge in [-0.1, -0.05) is 0 Å². The zero-order valence-electron chi connectivity index (χ0n) is 13.3. The molecule has 1 atom stereocenters. The average molecular weight is 326 g/mol. The average Bonchev–Trinajstić information content (AvgIpc) is 3.30. The molecule has 0 aromatic carbocycles. The number of aromatic amines is 1. The molecule has 1 aliphatic rings. The van der Waals surface area contributed by atoms with Gasteiger partial charge in [-0.2, -0.15) is 10.2 Å². The maximum absolute atomic E-state index is 11.7. The summed E-state index contributed by atoms with van der Waals surface area (Å²) in [6.07, 6.45) is 7.23. The fourth-order valence-electron chi connectivity index (χ4n) is 3.16. The van der Waals surface area contributed by atoms with Crippen LogP contribution in [0.25, 0.3) is 11.0 Å². The summed E-state index contributed by atoms with van der Waals surface area (Å²) in [4.78, 5) is 22.5. The van der Waals surface area contributed by atoms with E-state index in [0.717, 1.165) is 42.8 Å². The lowest BCUT2D eigenvalue weighted by Gasteiger charge is -2.33. The number of aromatic nitrogens is 6. The van der Waals surface area contributed by atoms with Crippen LogP contribution in [-0.2, 0) is 0 Å². The minimum Gasteiger partial charge on any atom is -0.354 e. The predicted octanol–water partition coefficient (Wildman–Crippen LogP) is 0.750. The van der Waals surface area contributed by atoms with E-state index in [1.165, 1.54) is 0 Å². The Bertz CT molecular complexity index is 869. The zero-order chi connectivity index (χ0) is 16.5. The molecule has 24 heavy (non-hydrogen) atoms. The van der Waals surface area contributed by atoms with Crippen molar-refractivity contribution in [2.75, 3.05) is 25.0 Å². The molecule has 0 bridgehead atoms. The molecule has 0 radical (unpaired) electrons. The van der Waals surface area contributed by atoms with Gasteiger partial charge in [0.2, 0.25) is 0 Å². The monoisotopic (exact) mass is 326 g/mol. The lowest BCUT2D eigenvalue weighted by atomic mass is 10.1. The van der Waals surface area contributed by atoms with Crippen LogP contribution < -0.4 is 10.2 Å². The Kier molecular flexibility index (Phi) is 3.60. The Hall–Kier alpha value is -2.97. The number of hydrogen-bond acceptors (Lipinski definition) is 6. The van der Waals surface area contributed by atoms with E-state index in [0.29, 0.717) is 5.69 Å². The Morgan fingerprint density at radius 2 is 2.33 bits per heavy atom. The molecular formula is C15H18N8O. The number of H-pyrrole nitrogens is 1. The Morgan fingerprint density at radius 3 is 3.21 bits per heavy atom. The second kappa shape index (κ2) is 5.91. The second-order valence-electron chi connectivity index (χ2n) is 5.83. The van der Waals surface area contributed by atoms with Crippen molar-refractivity contribution in [1.29, 1.82) is 0 Å². The predicted molar refractivity (Wildman–Crippen MR) is 87.8 cm³/mol. The molecule has 1 unspecified atom stereocenters. The molecule has 0 aliphatic carbocycles. The van der Waals surface area contributed by atoms with Crippen molar-refractivity contribution in [2.45, 2.75) is 18.9 Å². The molecule has 1 fully saturated rings. The van der Waals surface area contributed by atoms with Crippen molar-refractivity contribution in [3.05, 3.63) is 30.5 Å². The van der Waals surface area contributed by atoms with E-state index >= 15 is 0 Å². The number of anilines is 1. The van der Waals surface area contributed by atoms with Crippen LogP contribution in [0.2, 0.25) is 0 Å². The number of carbonyl (C=O) groups excluding carboxylic acids is 1. The van der Waals surface area contributed by atoms with Gasteiger partial charge in [-0.05, 0) is 18.9 Å². The van der Waals surface area contributed by atoms with Gasteiger partial charge in [0.1, 0.15) is 17.8 Å². The van der Waals surface area contributed by atoms with Crippen LogP contribution in [0.5, 0.6) is 0 Å². The van der Waals surface area contributed by atoms with Gasteiger partial charge in [0, 0.05) is 26.3 Å². The first-order valence-corrected chi connectivity index (χ1v) is 7.92. The minimum atomic E-state index is -0.169. The highest BCUT2D eigenvalue weighted by Gasteiger charge is 2.25. The van der Waals surface area contributed by atoms with Gasteiger partial charge < -0.3 is 10.2 Å². The smallest absolute Gasteiger partial charge is 0.271 e. The molecule has 3 aromatic rings. The molecule has 3 aromatic heterocycles. The molecular weight excluding hydrogens is 308 g/mol. The van der Waals surface area contributed by atoms with Gasteiger partial charge in [-0.3, -0.25) is 14.6 Å². The molecule has 124 valence electrons. The topological polar surface area (TPSA) is 105 Å². The summed E-state index contributed by atoms with van der Waals surface area (Å²) in [7, 11) is 1.61. The van der Waals surface area contributed by atoms with Crippen LogP contribution in [0.4, 0.5) is 5.82 Å². The maximum Gasteiger partial charge on any atom is 0.271 e. The summed E-state index contributed by atoms with van der Waals surface area (Å²) in [5.41, 5.74) is 1.18. The van der Waals surface area contributed by atoms with E-state index in [1.807, 2.05) is 10.9 Å². The number of nitrogens with one attached hydrogen (secondary N) is 2. The third-order valence-corrected chi connectivity index (χ3v) is 4.37. The number of carbonyl (C=O) groups is 1. The SMILES string of the molecule is CNC(=O)c1ccn(C2CCCN(c3ncnc4[nH]ncc34)C2)n1.